The average molecular weight is 276 g/mol. The molecule has 0 saturated heterocycles. The number of aliphatic carboxylic acids is 1. The van der Waals surface area contributed by atoms with E-state index in [4.69, 9.17) is 9.84 Å². The number of hydrogen-bond donors (Lipinski definition) is 1. The highest BCUT2D eigenvalue weighted by molar-refractivity contribution is 5.96. The SMILES string of the molecule is O=C(O)CCCC(=O)c1ccc(OC2CCCC2)cc1. The lowest BCUT2D eigenvalue weighted by Crippen LogP contribution is -2.10. The molecule has 1 aromatic carbocycles. The molecule has 0 heterocycles. The van der Waals surface area contributed by atoms with Crippen molar-refractivity contribution in [1.29, 1.82) is 0 Å². The quantitative estimate of drug-likeness (QED) is 0.775. The third-order valence-corrected chi connectivity index (χ3v) is 3.58. The van der Waals surface area contributed by atoms with Gasteiger partial charge in [-0.25, -0.2) is 0 Å². The third kappa shape index (κ3) is 4.37. The zero-order chi connectivity index (χ0) is 14.4. The van der Waals surface area contributed by atoms with Gasteiger partial charge in [-0.2, -0.15) is 0 Å². The highest BCUT2D eigenvalue weighted by atomic mass is 16.5. The molecule has 1 saturated carbocycles. The van der Waals surface area contributed by atoms with Gasteiger partial charge in [0.2, 0.25) is 0 Å². The first kappa shape index (κ1) is 14.6. The van der Waals surface area contributed by atoms with Gasteiger partial charge in [0, 0.05) is 18.4 Å². The lowest BCUT2D eigenvalue weighted by atomic mass is 10.1. The Hall–Kier alpha value is -1.84. The largest absolute Gasteiger partial charge is 0.490 e. The van der Waals surface area contributed by atoms with Crippen LogP contribution in [-0.2, 0) is 4.79 Å². The molecule has 0 atom stereocenters. The van der Waals surface area contributed by atoms with Gasteiger partial charge in [-0.3, -0.25) is 9.59 Å². The molecule has 1 N–H and O–H groups in total. The number of ketones is 1. The van der Waals surface area contributed by atoms with E-state index in [9.17, 15) is 9.59 Å². The number of carbonyl (C=O) groups is 2. The maximum Gasteiger partial charge on any atom is 0.303 e. The molecule has 0 unspecified atom stereocenters. The van der Waals surface area contributed by atoms with Crippen LogP contribution in [-0.4, -0.2) is 23.0 Å². The first-order valence-electron chi connectivity index (χ1n) is 7.17. The van der Waals surface area contributed by atoms with Gasteiger partial charge >= 0.3 is 5.97 Å². The summed E-state index contributed by atoms with van der Waals surface area (Å²) in [4.78, 5) is 22.2. The number of ether oxygens (including phenoxy) is 1. The van der Waals surface area contributed by atoms with Gasteiger partial charge < -0.3 is 9.84 Å². The van der Waals surface area contributed by atoms with Gasteiger partial charge in [0.15, 0.2) is 5.78 Å². The summed E-state index contributed by atoms with van der Waals surface area (Å²) in [6.45, 7) is 0. The fraction of sp³-hybridized carbons (Fsp3) is 0.500. The summed E-state index contributed by atoms with van der Waals surface area (Å²) in [6.07, 6.45) is 5.67. The van der Waals surface area contributed by atoms with Crippen molar-refractivity contribution in [3.8, 4) is 5.75 Å². The number of benzene rings is 1. The van der Waals surface area contributed by atoms with Gasteiger partial charge in [0.05, 0.1) is 6.10 Å². The summed E-state index contributed by atoms with van der Waals surface area (Å²) < 4.78 is 5.83. The second kappa shape index (κ2) is 7.08. The van der Waals surface area contributed by atoms with Crippen molar-refractivity contribution in [1.82, 2.24) is 0 Å². The Morgan fingerprint density at radius 2 is 1.75 bits per heavy atom. The van der Waals surface area contributed by atoms with Crippen molar-refractivity contribution < 1.29 is 19.4 Å². The van der Waals surface area contributed by atoms with E-state index in [1.807, 2.05) is 12.1 Å². The molecule has 4 heteroatoms. The summed E-state index contributed by atoms with van der Waals surface area (Å²) in [6, 6.07) is 7.16. The predicted octanol–water partition coefficient (Wildman–Crippen LogP) is 3.45. The molecule has 2 rings (SSSR count). The van der Waals surface area contributed by atoms with Crippen LogP contribution in [0.4, 0.5) is 0 Å². The molecular weight excluding hydrogens is 256 g/mol. The van der Waals surface area contributed by atoms with Gasteiger partial charge in [0.1, 0.15) is 5.75 Å². The number of rotatable bonds is 7. The number of carbonyl (C=O) groups excluding carboxylic acids is 1. The molecule has 1 aliphatic rings. The minimum Gasteiger partial charge on any atom is -0.490 e. The number of carboxylic acids is 1. The van der Waals surface area contributed by atoms with Crippen molar-refractivity contribution in [2.75, 3.05) is 0 Å². The van der Waals surface area contributed by atoms with E-state index in [1.165, 1.54) is 12.8 Å². The molecule has 20 heavy (non-hydrogen) atoms. The molecule has 4 nitrogen and oxygen atoms in total. The van der Waals surface area contributed by atoms with Crippen molar-refractivity contribution >= 4 is 11.8 Å². The van der Waals surface area contributed by atoms with E-state index in [0.717, 1.165) is 18.6 Å². The zero-order valence-corrected chi connectivity index (χ0v) is 11.5. The maximum atomic E-state index is 11.8. The van der Waals surface area contributed by atoms with Gasteiger partial charge in [-0.05, 0) is 56.4 Å². The zero-order valence-electron chi connectivity index (χ0n) is 11.5. The van der Waals surface area contributed by atoms with Crippen molar-refractivity contribution in [2.45, 2.75) is 51.0 Å². The molecule has 1 aliphatic carbocycles. The first-order chi connectivity index (χ1) is 9.65. The van der Waals surface area contributed by atoms with Crippen LogP contribution >= 0.6 is 0 Å². The molecule has 1 aromatic rings. The van der Waals surface area contributed by atoms with Crippen LogP contribution in [0.5, 0.6) is 5.75 Å². The Labute approximate surface area is 118 Å². The van der Waals surface area contributed by atoms with Gasteiger partial charge in [-0.15, -0.1) is 0 Å². The Balaban J connectivity index is 1.83. The highest BCUT2D eigenvalue weighted by Gasteiger charge is 2.16. The van der Waals surface area contributed by atoms with Crippen LogP contribution in [0.25, 0.3) is 0 Å². The standard InChI is InChI=1S/C16H20O4/c17-15(6-3-7-16(18)19)12-8-10-14(11-9-12)20-13-4-1-2-5-13/h8-11,13H,1-7H2,(H,18,19). The molecule has 0 aromatic heterocycles. The van der Waals surface area contributed by atoms with E-state index in [2.05, 4.69) is 0 Å². The summed E-state index contributed by atoms with van der Waals surface area (Å²) >= 11 is 0. The second-order valence-corrected chi connectivity index (χ2v) is 5.22. The van der Waals surface area contributed by atoms with Gasteiger partial charge in [-0.1, -0.05) is 0 Å². The normalized spacial score (nSPS) is 15.2. The van der Waals surface area contributed by atoms with Crippen LogP contribution in [0.15, 0.2) is 24.3 Å². The first-order valence-corrected chi connectivity index (χ1v) is 7.17. The molecule has 0 spiro atoms. The Morgan fingerprint density at radius 3 is 2.35 bits per heavy atom. The molecule has 0 aliphatic heterocycles. The van der Waals surface area contributed by atoms with Crippen molar-refractivity contribution in [3.63, 3.8) is 0 Å². The molecule has 1 fully saturated rings. The van der Waals surface area contributed by atoms with Crippen LogP contribution < -0.4 is 4.74 Å². The monoisotopic (exact) mass is 276 g/mol. The molecular formula is C16H20O4. The van der Waals surface area contributed by atoms with Crippen molar-refractivity contribution in [2.24, 2.45) is 0 Å². The van der Waals surface area contributed by atoms with E-state index in [1.54, 1.807) is 12.1 Å². The smallest absolute Gasteiger partial charge is 0.303 e. The Kier molecular flexibility index (Phi) is 5.16. The second-order valence-electron chi connectivity index (χ2n) is 5.22. The Morgan fingerprint density at radius 1 is 1.10 bits per heavy atom. The fourth-order valence-electron chi connectivity index (χ4n) is 2.46. The Bertz CT molecular complexity index is 458. The summed E-state index contributed by atoms with van der Waals surface area (Å²) in [7, 11) is 0. The molecule has 0 bridgehead atoms. The number of hydrogen-bond acceptors (Lipinski definition) is 3. The average Bonchev–Trinajstić information content (AvgIpc) is 2.92. The minimum atomic E-state index is -0.863. The summed E-state index contributed by atoms with van der Waals surface area (Å²) in [5.41, 5.74) is 0.620. The van der Waals surface area contributed by atoms with E-state index in [-0.39, 0.29) is 18.6 Å². The van der Waals surface area contributed by atoms with Crippen molar-refractivity contribution in [3.05, 3.63) is 29.8 Å². The van der Waals surface area contributed by atoms with E-state index < -0.39 is 5.97 Å². The lowest BCUT2D eigenvalue weighted by molar-refractivity contribution is -0.137. The van der Waals surface area contributed by atoms with Crippen LogP contribution in [0.3, 0.4) is 0 Å². The summed E-state index contributed by atoms with van der Waals surface area (Å²) in [5.74, 6) is -0.0734. The fourth-order valence-corrected chi connectivity index (χ4v) is 2.46. The molecule has 0 radical (unpaired) electrons. The third-order valence-electron chi connectivity index (χ3n) is 3.58. The van der Waals surface area contributed by atoms with Crippen LogP contribution in [0.1, 0.15) is 55.3 Å². The number of carboxylic acid groups (broad SMARTS) is 1. The molecule has 0 amide bonds. The van der Waals surface area contributed by atoms with Gasteiger partial charge in [0.25, 0.3) is 0 Å². The van der Waals surface area contributed by atoms with E-state index in [0.29, 0.717) is 18.1 Å². The topological polar surface area (TPSA) is 63.6 Å². The predicted molar refractivity (Wildman–Crippen MR) is 75.1 cm³/mol. The number of Topliss-reactive ketones (excluding diaryl/α,β-unsaturated/α-hetero) is 1. The lowest BCUT2D eigenvalue weighted by Gasteiger charge is -2.13. The molecule has 108 valence electrons. The maximum absolute atomic E-state index is 11.8. The summed E-state index contributed by atoms with van der Waals surface area (Å²) in [5, 5.41) is 8.54. The highest BCUT2D eigenvalue weighted by Crippen LogP contribution is 2.24. The van der Waals surface area contributed by atoms with Crippen LogP contribution in [0, 0.1) is 0 Å². The van der Waals surface area contributed by atoms with E-state index >= 15 is 0 Å². The van der Waals surface area contributed by atoms with Crippen LogP contribution in [0.2, 0.25) is 0 Å². The minimum absolute atomic E-state index is 0.0151.